The SMILES string of the molecule is CCN1CO/C(=C2\C=CC=CN2C)SC1=Nc1ccc(Cl)c[n+]1C. The number of rotatable bonds is 2. The number of halogens is 1. The molecule has 0 aliphatic carbocycles. The highest BCUT2D eigenvalue weighted by atomic mass is 35.5. The minimum Gasteiger partial charge on any atom is -0.464 e. The average Bonchev–Trinajstić information content (AvgIpc) is 2.58. The lowest BCUT2D eigenvalue weighted by molar-refractivity contribution is -0.658. The Labute approximate surface area is 151 Å². The van der Waals surface area contributed by atoms with Gasteiger partial charge in [-0.05, 0) is 30.1 Å². The van der Waals surface area contributed by atoms with Gasteiger partial charge in [-0.2, -0.15) is 0 Å². The molecule has 1 saturated heterocycles. The maximum Gasteiger partial charge on any atom is 0.326 e. The number of pyridine rings is 1. The van der Waals surface area contributed by atoms with Crippen LogP contribution in [0.25, 0.3) is 0 Å². The van der Waals surface area contributed by atoms with Crippen molar-refractivity contribution in [3.8, 4) is 0 Å². The van der Waals surface area contributed by atoms with Crippen LogP contribution in [0.2, 0.25) is 5.02 Å². The molecule has 1 aromatic rings. The normalized spacial score (nSPS) is 22.2. The number of aryl methyl sites for hydroxylation is 1. The highest BCUT2D eigenvalue weighted by molar-refractivity contribution is 8.17. The lowest BCUT2D eigenvalue weighted by atomic mass is 10.3. The minimum atomic E-state index is 0.490. The molecule has 0 unspecified atom stereocenters. The quantitative estimate of drug-likeness (QED) is 0.754. The molecule has 0 bridgehead atoms. The summed E-state index contributed by atoms with van der Waals surface area (Å²) in [7, 11) is 3.95. The zero-order valence-corrected chi connectivity index (χ0v) is 15.5. The van der Waals surface area contributed by atoms with Crippen LogP contribution in [0, 0.1) is 0 Å². The average molecular weight is 364 g/mol. The molecule has 0 spiro atoms. The number of aromatic nitrogens is 1. The van der Waals surface area contributed by atoms with Gasteiger partial charge in [-0.1, -0.05) is 17.7 Å². The van der Waals surface area contributed by atoms with Crippen LogP contribution in [0.3, 0.4) is 0 Å². The number of hydrogen-bond acceptors (Lipinski definition) is 4. The smallest absolute Gasteiger partial charge is 0.326 e. The predicted molar refractivity (Wildman–Crippen MR) is 98.7 cm³/mol. The van der Waals surface area contributed by atoms with Gasteiger partial charge in [0.1, 0.15) is 6.20 Å². The molecule has 3 heterocycles. The van der Waals surface area contributed by atoms with Crippen molar-refractivity contribution in [2.24, 2.45) is 12.0 Å². The van der Waals surface area contributed by atoms with Crippen LogP contribution in [0.4, 0.5) is 5.82 Å². The maximum atomic E-state index is 6.02. The fraction of sp³-hybridized carbons (Fsp3) is 0.294. The summed E-state index contributed by atoms with van der Waals surface area (Å²) in [5.41, 5.74) is 1.03. The van der Waals surface area contributed by atoms with Crippen molar-refractivity contribution in [1.29, 1.82) is 0 Å². The van der Waals surface area contributed by atoms with E-state index in [2.05, 4.69) is 11.8 Å². The number of aliphatic imine (C=N–C) groups is 1. The molecular formula is C17H20ClN4OS+. The molecule has 126 valence electrons. The molecule has 2 aliphatic rings. The molecule has 0 N–H and O–H groups in total. The largest absolute Gasteiger partial charge is 0.464 e. The summed E-state index contributed by atoms with van der Waals surface area (Å²) in [5, 5.41) is 2.47. The van der Waals surface area contributed by atoms with E-state index in [0.29, 0.717) is 11.8 Å². The topological polar surface area (TPSA) is 31.9 Å². The lowest BCUT2D eigenvalue weighted by Crippen LogP contribution is -2.36. The van der Waals surface area contributed by atoms with E-state index in [-0.39, 0.29) is 0 Å². The summed E-state index contributed by atoms with van der Waals surface area (Å²) < 4.78 is 7.86. The van der Waals surface area contributed by atoms with Crippen LogP contribution in [-0.4, -0.2) is 35.3 Å². The second kappa shape index (κ2) is 7.32. The van der Waals surface area contributed by atoms with Crippen LogP contribution in [-0.2, 0) is 11.8 Å². The van der Waals surface area contributed by atoms with Gasteiger partial charge in [-0.15, -0.1) is 0 Å². The fourth-order valence-corrected chi connectivity index (χ4v) is 3.58. The van der Waals surface area contributed by atoms with Crippen molar-refractivity contribution in [3.63, 3.8) is 0 Å². The van der Waals surface area contributed by atoms with E-state index in [1.807, 2.05) is 66.3 Å². The summed E-state index contributed by atoms with van der Waals surface area (Å²) in [4.78, 5) is 8.96. The van der Waals surface area contributed by atoms with E-state index in [0.717, 1.165) is 28.3 Å². The van der Waals surface area contributed by atoms with Gasteiger partial charge in [-0.3, -0.25) is 4.90 Å². The van der Waals surface area contributed by atoms with Crippen LogP contribution in [0.15, 0.2) is 58.5 Å². The van der Waals surface area contributed by atoms with Gasteiger partial charge in [0.2, 0.25) is 0 Å². The zero-order valence-electron chi connectivity index (χ0n) is 13.9. The van der Waals surface area contributed by atoms with Gasteiger partial charge in [0.15, 0.2) is 11.8 Å². The second-order valence-corrected chi connectivity index (χ2v) is 6.80. The van der Waals surface area contributed by atoms with Gasteiger partial charge in [0.25, 0.3) is 5.17 Å². The van der Waals surface area contributed by atoms with Crippen molar-refractivity contribution in [1.82, 2.24) is 9.80 Å². The van der Waals surface area contributed by atoms with Gasteiger partial charge < -0.3 is 9.64 Å². The Morgan fingerprint density at radius 2 is 2.21 bits per heavy atom. The number of hydrogen-bond donors (Lipinski definition) is 0. The van der Waals surface area contributed by atoms with Crippen LogP contribution >= 0.6 is 23.4 Å². The van der Waals surface area contributed by atoms with Crippen molar-refractivity contribution < 1.29 is 9.30 Å². The van der Waals surface area contributed by atoms with E-state index < -0.39 is 0 Å². The van der Waals surface area contributed by atoms with E-state index >= 15 is 0 Å². The lowest BCUT2D eigenvalue weighted by Gasteiger charge is -2.30. The van der Waals surface area contributed by atoms with Crippen molar-refractivity contribution in [3.05, 3.63) is 58.6 Å². The Morgan fingerprint density at radius 3 is 2.92 bits per heavy atom. The summed E-state index contributed by atoms with van der Waals surface area (Å²) in [6.45, 7) is 3.41. The molecule has 2 aliphatic heterocycles. The molecule has 0 saturated carbocycles. The number of allylic oxidation sites excluding steroid dienone is 3. The number of ether oxygens (including phenoxy) is 1. The molecule has 1 aromatic heterocycles. The maximum absolute atomic E-state index is 6.02. The monoisotopic (exact) mass is 363 g/mol. The van der Waals surface area contributed by atoms with E-state index in [1.54, 1.807) is 11.8 Å². The minimum absolute atomic E-state index is 0.490. The summed E-state index contributed by atoms with van der Waals surface area (Å²) >= 11 is 7.57. The van der Waals surface area contributed by atoms with Crippen molar-refractivity contribution in [2.75, 3.05) is 20.3 Å². The zero-order chi connectivity index (χ0) is 17.1. The first-order valence-electron chi connectivity index (χ1n) is 7.70. The van der Waals surface area contributed by atoms with Crippen LogP contribution in [0.5, 0.6) is 0 Å². The number of thioether (sulfide) groups is 1. The Bertz CT molecular complexity index is 757. The third kappa shape index (κ3) is 3.60. The molecule has 0 amide bonds. The molecule has 7 heteroatoms. The summed E-state index contributed by atoms with van der Waals surface area (Å²) in [6, 6.07) is 3.77. The summed E-state index contributed by atoms with van der Waals surface area (Å²) in [5.74, 6) is 0.846. The van der Waals surface area contributed by atoms with Crippen LogP contribution < -0.4 is 4.57 Å². The molecule has 24 heavy (non-hydrogen) atoms. The Kier molecular flexibility index (Phi) is 5.16. The van der Waals surface area contributed by atoms with Gasteiger partial charge >= 0.3 is 5.82 Å². The molecule has 3 rings (SSSR count). The predicted octanol–water partition coefficient (Wildman–Crippen LogP) is 3.38. The number of nitrogens with zero attached hydrogens (tertiary/aromatic N) is 4. The standard InChI is InChI=1S/C17H20ClN4OS/c1-4-22-12-23-16(14-7-5-6-10-20(14)2)24-17(22)19-15-9-8-13(18)11-21(15)3/h5-11H,4,12H2,1-3H3/q+1/b16-14-. The molecule has 0 aromatic carbocycles. The Hall–Kier alpha value is -1.92. The Morgan fingerprint density at radius 1 is 1.38 bits per heavy atom. The number of amidine groups is 1. The molecular weight excluding hydrogens is 344 g/mol. The molecule has 0 atom stereocenters. The third-order valence-corrected chi connectivity index (χ3v) is 5.00. The first-order chi connectivity index (χ1) is 11.6. The summed E-state index contributed by atoms with van der Waals surface area (Å²) in [6.07, 6.45) is 9.91. The van der Waals surface area contributed by atoms with Crippen molar-refractivity contribution in [2.45, 2.75) is 6.92 Å². The van der Waals surface area contributed by atoms with E-state index in [9.17, 15) is 0 Å². The highest BCUT2D eigenvalue weighted by Crippen LogP contribution is 2.32. The van der Waals surface area contributed by atoms with Gasteiger partial charge in [-0.25, -0.2) is 4.57 Å². The highest BCUT2D eigenvalue weighted by Gasteiger charge is 2.28. The second-order valence-electron chi connectivity index (χ2n) is 5.43. The molecule has 1 fully saturated rings. The molecule has 0 radical (unpaired) electrons. The Balaban J connectivity index is 1.94. The third-order valence-electron chi connectivity index (χ3n) is 3.73. The number of likely N-dealkylation sites (N-methyl/N-ethyl adjacent to an activating group) is 1. The van der Waals surface area contributed by atoms with Gasteiger partial charge in [0.05, 0.1) is 17.8 Å². The van der Waals surface area contributed by atoms with E-state index in [1.165, 1.54) is 0 Å². The van der Waals surface area contributed by atoms with Crippen LogP contribution in [0.1, 0.15) is 6.92 Å². The fourth-order valence-electron chi connectivity index (χ4n) is 2.33. The van der Waals surface area contributed by atoms with Crippen molar-refractivity contribution >= 4 is 34.3 Å². The first kappa shape index (κ1) is 16.9. The molecule has 5 nitrogen and oxygen atoms in total. The van der Waals surface area contributed by atoms with Gasteiger partial charge in [0, 0.05) is 37.6 Å². The first-order valence-corrected chi connectivity index (χ1v) is 8.89. The van der Waals surface area contributed by atoms with E-state index in [4.69, 9.17) is 21.3 Å².